The molecule has 204 valence electrons. The number of piperidine rings is 1. The molecule has 3 heterocycles. The van der Waals surface area contributed by atoms with E-state index >= 15 is 0 Å². The van der Waals surface area contributed by atoms with Crippen LogP contribution in [0.5, 0.6) is 0 Å². The monoisotopic (exact) mass is 523 g/mol. The van der Waals surface area contributed by atoms with E-state index in [9.17, 15) is 22.8 Å². The van der Waals surface area contributed by atoms with Crippen LogP contribution in [0.25, 0.3) is 10.9 Å². The maximum Gasteiger partial charge on any atom is 0.490 e. The average Bonchev–Trinajstić information content (AvgIpc) is 3.06. The molecule has 2 N–H and O–H groups in total. The van der Waals surface area contributed by atoms with Gasteiger partial charge in [0.1, 0.15) is 5.56 Å². The van der Waals surface area contributed by atoms with Gasteiger partial charge < -0.3 is 15.0 Å². The van der Waals surface area contributed by atoms with Crippen molar-refractivity contribution in [2.24, 2.45) is 0 Å². The molecule has 1 aromatic heterocycles. The highest BCUT2D eigenvalue weighted by Crippen LogP contribution is 2.36. The molecule has 0 saturated carbocycles. The fourth-order valence-electron chi connectivity index (χ4n) is 5.53. The topological polar surface area (TPSA) is 91.6 Å². The number of hydrogen-bond donors (Lipinski definition) is 2. The summed E-state index contributed by atoms with van der Waals surface area (Å²) in [6.07, 6.45) is 3.20. The number of aliphatic carboxylic acids is 1. The SMILES string of the molecule is CCCCCN1[C@@H]2CC[C@H]1CC(NC(=O)c1cc3ccccc3n(C(C)C)c1=O)C2.O=C(O)C(F)(F)F. The molecule has 37 heavy (non-hydrogen) atoms. The number of para-hydroxylation sites is 1. The molecule has 2 bridgehead atoms. The van der Waals surface area contributed by atoms with Crippen molar-refractivity contribution < 1.29 is 27.9 Å². The molecule has 10 heteroatoms. The second-order valence-corrected chi connectivity index (χ2v) is 10.2. The predicted octanol–water partition coefficient (Wildman–Crippen LogP) is 5.13. The number of halogens is 3. The van der Waals surface area contributed by atoms with E-state index in [0.717, 1.165) is 23.7 Å². The summed E-state index contributed by atoms with van der Waals surface area (Å²) < 4.78 is 33.5. The third-order valence-corrected chi connectivity index (χ3v) is 7.19. The van der Waals surface area contributed by atoms with E-state index < -0.39 is 12.1 Å². The van der Waals surface area contributed by atoms with Gasteiger partial charge in [0, 0.05) is 24.2 Å². The molecule has 1 amide bonds. The van der Waals surface area contributed by atoms with Crippen LogP contribution >= 0.6 is 0 Å². The molecule has 2 fully saturated rings. The zero-order valence-corrected chi connectivity index (χ0v) is 21.6. The van der Waals surface area contributed by atoms with Crippen molar-refractivity contribution in [1.82, 2.24) is 14.8 Å². The standard InChI is InChI=1S/C25H35N3O2.C2HF3O2/c1-4-5-8-13-27-20-11-12-21(27)16-19(15-20)26-24(29)22-14-18-9-6-7-10-23(18)28(17(2)3)25(22)30;3-2(4,5)1(6)7/h6-7,9-10,14,17,19-21H,4-5,8,11-13,15-16H2,1-3H3,(H,26,29);(H,6,7)/t19?,20-,21+;. The zero-order valence-electron chi connectivity index (χ0n) is 21.6. The number of carbonyl (C=O) groups excluding carboxylic acids is 1. The minimum absolute atomic E-state index is 0.00245. The highest BCUT2D eigenvalue weighted by atomic mass is 19.4. The van der Waals surface area contributed by atoms with Gasteiger partial charge in [0.05, 0.1) is 5.52 Å². The van der Waals surface area contributed by atoms with Gasteiger partial charge in [0.15, 0.2) is 0 Å². The largest absolute Gasteiger partial charge is 0.490 e. The molecule has 2 aromatic rings. The van der Waals surface area contributed by atoms with E-state index in [1.54, 1.807) is 10.6 Å². The molecule has 2 aliphatic rings. The molecule has 0 aliphatic carbocycles. The van der Waals surface area contributed by atoms with Gasteiger partial charge in [0.2, 0.25) is 0 Å². The highest BCUT2D eigenvalue weighted by Gasteiger charge is 2.41. The molecule has 3 atom stereocenters. The number of hydrogen-bond acceptors (Lipinski definition) is 4. The van der Waals surface area contributed by atoms with E-state index in [2.05, 4.69) is 17.1 Å². The Morgan fingerprint density at radius 3 is 2.24 bits per heavy atom. The Hall–Kier alpha value is -2.88. The number of carboxylic acids is 1. The van der Waals surface area contributed by atoms with Crippen molar-refractivity contribution in [3.63, 3.8) is 0 Å². The number of amides is 1. The second-order valence-electron chi connectivity index (χ2n) is 10.2. The lowest BCUT2D eigenvalue weighted by Gasteiger charge is -2.39. The molecular weight excluding hydrogens is 487 g/mol. The maximum absolute atomic E-state index is 13.1. The van der Waals surface area contributed by atoms with E-state index in [1.165, 1.54) is 38.6 Å². The van der Waals surface area contributed by atoms with Crippen LogP contribution in [0.3, 0.4) is 0 Å². The fourth-order valence-corrected chi connectivity index (χ4v) is 5.53. The molecule has 4 rings (SSSR count). The number of fused-ring (bicyclic) bond motifs is 3. The molecule has 2 aliphatic heterocycles. The summed E-state index contributed by atoms with van der Waals surface area (Å²) in [6, 6.07) is 10.9. The van der Waals surface area contributed by atoms with E-state index in [0.29, 0.717) is 12.1 Å². The maximum atomic E-state index is 13.1. The Balaban J connectivity index is 0.000000479. The number of alkyl halides is 3. The Kier molecular flexibility index (Phi) is 9.39. The summed E-state index contributed by atoms with van der Waals surface area (Å²) in [5.74, 6) is -2.98. The Morgan fingerprint density at radius 1 is 1.11 bits per heavy atom. The van der Waals surface area contributed by atoms with Crippen LogP contribution in [0, 0.1) is 0 Å². The van der Waals surface area contributed by atoms with E-state index in [1.807, 2.05) is 38.1 Å². The average molecular weight is 524 g/mol. The van der Waals surface area contributed by atoms with Crippen LogP contribution in [0.1, 0.15) is 82.1 Å². The minimum atomic E-state index is -5.08. The lowest BCUT2D eigenvalue weighted by atomic mass is 9.96. The van der Waals surface area contributed by atoms with Gasteiger partial charge in [-0.15, -0.1) is 0 Å². The number of pyridine rings is 1. The van der Waals surface area contributed by atoms with Crippen LogP contribution in [0.2, 0.25) is 0 Å². The van der Waals surface area contributed by atoms with Gasteiger partial charge in [-0.3, -0.25) is 14.5 Å². The van der Waals surface area contributed by atoms with Gasteiger partial charge in [-0.1, -0.05) is 38.0 Å². The molecule has 0 radical (unpaired) electrons. The highest BCUT2D eigenvalue weighted by molar-refractivity contribution is 5.97. The van der Waals surface area contributed by atoms with Crippen LogP contribution in [-0.2, 0) is 4.79 Å². The van der Waals surface area contributed by atoms with Crippen LogP contribution in [-0.4, -0.2) is 57.3 Å². The minimum Gasteiger partial charge on any atom is -0.475 e. The molecule has 0 spiro atoms. The van der Waals surface area contributed by atoms with Crippen LogP contribution in [0.15, 0.2) is 35.1 Å². The van der Waals surface area contributed by atoms with Gasteiger partial charge in [0.25, 0.3) is 11.5 Å². The van der Waals surface area contributed by atoms with Crippen molar-refractivity contribution in [2.45, 2.75) is 96.1 Å². The Morgan fingerprint density at radius 2 is 1.70 bits per heavy atom. The number of aromatic nitrogens is 1. The summed E-state index contributed by atoms with van der Waals surface area (Å²) in [5.41, 5.74) is 0.953. The Labute approximate surface area is 214 Å². The molecular formula is C27H36F3N3O4. The molecule has 1 unspecified atom stereocenters. The van der Waals surface area contributed by atoms with Crippen LogP contribution < -0.4 is 10.9 Å². The number of unbranched alkanes of at least 4 members (excludes halogenated alkanes) is 2. The van der Waals surface area contributed by atoms with Crippen LogP contribution in [0.4, 0.5) is 13.2 Å². The van der Waals surface area contributed by atoms with Crippen molar-refractivity contribution in [2.75, 3.05) is 6.54 Å². The molecule has 1 aromatic carbocycles. The predicted molar refractivity (Wildman–Crippen MR) is 136 cm³/mol. The first-order chi connectivity index (χ1) is 17.4. The van der Waals surface area contributed by atoms with Gasteiger partial charge in [-0.05, 0) is 70.0 Å². The third kappa shape index (κ3) is 6.91. The number of carbonyl (C=O) groups is 2. The smallest absolute Gasteiger partial charge is 0.475 e. The summed E-state index contributed by atoms with van der Waals surface area (Å²) >= 11 is 0. The van der Waals surface area contributed by atoms with Gasteiger partial charge >= 0.3 is 12.1 Å². The normalized spacial score (nSPS) is 21.5. The Bertz CT molecular complexity index is 1150. The zero-order chi connectivity index (χ0) is 27.3. The fraction of sp³-hybridized carbons (Fsp3) is 0.593. The van der Waals surface area contributed by atoms with Crippen molar-refractivity contribution in [3.05, 3.63) is 46.2 Å². The summed E-state index contributed by atoms with van der Waals surface area (Å²) in [4.78, 5) is 37.9. The second kappa shape index (κ2) is 12.1. The summed E-state index contributed by atoms with van der Waals surface area (Å²) in [6.45, 7) is 7.41. The number of nitrogens with one attached hydrogen (secondary N) is 1. The van der Waals surface area contributed by atoms with E-state index in [-0.39, 0.29) is 29.1 Å². The van der Waals surface area contributed by atoms with E-state index in [4.69, 9.17) is 9.90 Å². The van der Waals surface area contributed by atoms with Gasteiger partial charge in [-0.2, -0.15) is 13.2 Å². The van der Waals surface area contributed by atoms with Crippen molar-refractivity contribution in [3.8, 4) is 0 Å². The lowest BCUT2D eigenvalue weighted by molar-refractivity contribution is -0.192. The van der Waals surface area contributed by atoms with Crippen molar-refractivity contribution in [1.29, 1.82) is 0 Å². The lowest BCUT2D eigenvalue weighted by Crippen LogP contribution is -2.51. The number of carboxylic acid groups (broad SMARTS) is 1. The quantitative estimate of drug-likeness (QED) is 0.491. The molecule has 2 saturated heterocycles. The third-order valence-electron chi connectivity index (χ3n) is 7.19. The molecule has 7 nitrogen and oxygen atoms in total. The first-order valence-corrected chi connectivity index (χ1v) is 12.9. The first kappa shape index (κ1) is 28.7. The summed E-state index contributed by atoms with van der Waals surface area (Å²) in [7, 11) is 0. The number of benzene rings is 1. The number of rotatable bonds is 7. The first-order valence-electron chi connectivity index (χ1n) is 12.9. The number of nitrogens with zero attached hydrogens (tertiary/aromatic N) is 2. The summed E-state index contributed by atoms with van der Waals surface area (Å²) in [5, 5.41) is 11.3. The van der Waals surface area contributed by atoms with Crippen molar-refractivity contribution >= 4 is 22.8 Å². The van der Waals surface area contributed by atoms with Gasteiger partial charge in [-0.25, -0.2) is 4.79 Å².